The van der Waals surface area contributed by atoms with Crippen molar-refractivity contribution in [1.82, 2.24) is 25.4 Å². The number of carbonyl (C=O) groups is 2. The lowest BCUT2D eigenvalue weighted by Crippen LogP contribution is -2.41. The summed E-state index contributed by atoms with van der Waals surface area (Å²) in [5.74, 6) is 0.813. The van der Waals surface area contributed by atoms with Gasteiger partial charge in [0, 0.05) is 25.2 Å². The molecule has 1 saturated heterocycles. The van der Waals surface area contributed by atoms with Crippen molar-refractivity contribution in [2.45, 2.75) is 62.2 Å². The molecule has 1 aromatic heterocycles. The Hall–Kier alpha value is -1.77. The number of anilines is 1. The number of nitrogens with zero attached hydrogens (tertiary/aromatic N) is 4. The van der Waals surface area contributed by atoms with Crippen LogP contribution in [-0.2, 0) is 4.79 Å². The summed E-state index contributed by atoms with van der Waals surface area (Å²) in [6.45, 7) is 2.05. The largest absolute Gasteiger partial charge is 0.341 e. The summed E-state index contributed by atoms with van der Waals surface area (Å²) in [6.07, 6.45) is 7.95. The molecule has 1 aliphatic heterocycles. The smallest absolute Gasteiger partial charge is 0.321 e. The number of carbonyl (C=O) groups excluding carboxylic acids is 2. The fourth-order valence-corrected chi connectivity index (χ4v) is 3.87. The molecule has 2 N–H and O–H groups in total. The van der Waals surface area contributed by atoms with Crippen molar-refractivity contribution in [3.8, 4) is 0 Å². The van der Waals surface area contributed by atoms with Crippen LogP contribution in [0.25, 0.3) is 0 Å². The summed E-state index contributed by atoms with van der Waals surface area (Å²) >= 11 is 1.36. The van der Waals surface area contributed by atoms with E-state index in [1.165, 1.54) is 31.0 Å². The van der Waals surface area contributed by atoms with Crippen molar-refractivity contribution in [3.05, 3.63) is 0 Å². The number of rotatable bonds is 6. The highest BCUT2D eigenvalue weighted by molar-refractivity contribution is 7.99. The minimum Gasteiger partial charge on any atom is -0.341 e. The summed E-state index contributed by atoms with van der Waals surface area (Å²) in [6, 6.07) is 0.298. The van der Waals surface area contributed by atoms with Crippen LogP contribution in [0.5, 0.6) is 0 Å². The molecule has 2 heterocycles. The highest BCUT2D eigenvalue weighted by Gasteiger charge is 2.32. The van der Waals surface area contributed by atoms with Gasteiger partial charge in [0.05, 0.1) is 5.75 Å². The van der Waals surface area contributed by atoms with Gasteiger partial charge in [-0.1, -0.05) is 11.8 Å². The van der Waals surface area contributed by atoms with E-state index in [0.29, 0.717) is 6.04 Å². The molecular formula is C16H24N6O2S. The van der Waals surface area contributed by atoms with Gasteiger partial charge in [0.1, 0.15) is 0 Å². The van der Waals surface area contributed by atoms with Crippen LogP contribution in [0.4, 0.5) is 10.7 Å². The summed E-state index contributed by atoms with van der Waals surface area (Å²) in [7, 11) is 0. The van der Waals surface area contributed by atoms with Gasteiger partial charge in [-0.25, -0.2) is 4.79 Å². The van der Waals surface area contributed by atoms with Gasteiger partial charge in [0.25, 0.3) is 0 Å². The van der Waals surface area contributed by atoms with Crippen LogP contribution >= 0.6 is 11.8 Å². The van der Waals surface area contributed by atoms with Gasteiger partial charge in [-0.15, -0.1) is 10.2 Å². The first-order valence-electron chi connectivity index (χ1n) is 9.13. The maximum Gasteiger partial charge on any atom is 0.321 e. The Labute approximate surface area is 151 Å². The quantitative estimate of drug-likeness (QED) is 0.746. The molecule has 0 spiro atoms. The molecule has 0 aromatic carbocycles. The molecule has 0 unspecified atom stereocenters. The predicted molar refractivity (Wildman–Crippen MR) is 94.8 cm³/mol. The van der Waals surface area contributed by atoms with E-state index in [4.69, 9.17) is 0 Å². The van der Waals surface area contributed by atoms with E-state index in [1.54, 1.807) is 0 Å². The summed E-state index contributed by atoms with van der Waals surface area (Å²) < 4.78 is 2.19. The number of hydrogen-bond donors (Lipinski definition) is 2. The molecule has 9 heteroatoms. The molecule has 136 valence electrons. The van der Waals surface area contributed by atoms with Crippen LogP contribution in [-0.4, -0.2) is 51.6 Å². The van der Waals surface area contributed by atoms with Gasteiger partial charge in [-0.3, -0.25) is 14.7 Å². The number of imide groups is 1. The lowest BCUT2D eigenvalue weighted by atomic mass is 10.1. The van der Waals surface area contributed by atoms with E-state index in [9.17, 15) is 9.59 Å². The first-order valence-corrected chi connectivity index (χ1v) is 10.1. The van der Waals surface area contributed by atoms with Crippen LogP contribution in [0.1, 0.15) is 51.0 Å². The van der Waals surface area contributed by atoms with Gasteiger partial charge < -0.3 is 10.2 Å². The zero-order chi connectivity index (χ0) is 17.2. The Morgan fingerprint density at radius 2 is 1.84 bits per heavy atom. The minimum atomic E-state index is -0.397. The second kappa shape index (κ2) is 7.23. The van der Waals surface area contributed by atoms with E-state index in [-0.39, 0.29) is 17.7 Å². The average Bonchev–Trinajstić information content (AvgIpc) is 3.54. The van der Waals surface area contributed by atoms with Crippen molar-refractivity contribution in [2.24, 2.45) is 0 Å². The lowest BCUT2D eigenvalue weighted by Gasteiger charge is -2.27. The van der Waals surface area contributed by atoms with Crippen LogP contribution in [0.3, 0.4) is 0 Å². The molecule has 2 saturated carbocycles. The number of piperidine rings is 1. The van der Waals surface area contributed by atoms with Crippen LogP contribution in [0, 0.1) is 0 Å². The Morgan fingerprint density at radius 1 is 1.08 bits per heavy atom. The average molecular weight is 364 g/mol. The molecule has 25 heavy (non-hydrogen) atoms. The Bertz CT molecular complexity index is 649. The summed E-state index contributed by atoms with van der Waals surface area (Å²) in [4.78, 5) is 25.9. The second-order valence-corrected chi connectivity index (χ2v) is 7.96. The second-order valence-electron chi connectivity index (χ2n) is 7.02. The number of amides is 3. The SMILES string of the molecule is O=C(CSc1nnc(N2CCCCC2)n1C1CC1)NC(=O)NC1CC1. The fourth-order valence-electron chi connectivity index (χ4n) is 3.07. The third-order valence-electron chi connectivity index (χ3n) is 4.70. The van der Waals surface area contributed by atoms with E-state index in [1.807, 2.05) is 0 Å². The molecule has 0 bridgehead atoms. The molecule has 1 aromatic rings. The van der Waals surface area contributed by atoms with Crippen molar-refractivity contribution in [1.29, 1.82) is 0 Å². The van der Waals surface area contributed by atoms with Crippen molar-refractivity contribution in [3.63, 3.8) is 0 Å². The maximum absolute atomic E-state index is 12.0. The summed E-state index contributed by atoms with van der Waals surface area (Å²) in [5, 5.41) is 14.6. The van der Waals surface area contributed by atoms with Gasteiger partial charge in [0.2, 0.25) is 11.9 Å². The zero-order valence-corrected chi connectivity index (χ0v) is 15.1. The molecular weight excluding hydrogens is 340 g/mol. The zero-order valence-electron chi connectivity index (χ0n) is 14.2. The molecule has 0 radical (unpaired) electrons. The predicted octanol–water partition coefficient (Wildman–Crippen LogP) is 1.68. The maximum atomic E-state index is 12.0. The molecule has 3 fully saturated rings. The van der Waals surface area contributed by atoms with Crippen molar-refractivity contribution < 1.29 is 9.59 Å². The highest BCUT2D eigenvalue weighted by atomic mass is 32.2. The van der Waals surface area contributed by atoms with E-state index in [2.05, 4.69) is 30.3 Å². The topological polar surface area (TPSA) is 92.2 Å². The van der Waals surface area contributed by atoms with E-state index < -0.39 is 6.03 Å². The molecule has 8 nitrogen and oxygen atoms in total. The van der Waals surface area contributed by atoms with E-state index in [0.717, 1.165) is 49.9 Å². The minimum absolute atomic E-state index is 0.170. The van der Waals surface area contributed by atoms with Crippen molar-refractivity contribution in [2.75, 3.05) is 23.7 Å². The number of hydrogen-bond acceptors (Lipinski definition) is 6. The Kier molecular flexibility index (Phi) is 4.82. The molecule has 4 rings (SSSR count). The number of nitrogens with one attached hydrogen (secondary N) is 2. The van der Waals surface area contributed by atoms with Crippen molar-refractivity contribution >= 4 is 29.6 Å². The standard InChI is InChI=1S/C16H24N6O2S/c23-13(18-14(24)17-11-4-5-11)10-25-16-20-19-15(22(16)12-6-7-12)21-8-2-1-3-9-21/h11-12H,1-10H2,(H2,17,18,23,24). The van der Waals surface area contributed by atoms with Gasteiger partial charge >= 0.3 is 6.03 Å². The number of thioether (sulfide) groups is 1. The third kappa shape index (κ3) is 4.26. The van der Waals surface area contributed by atoms with Gasteiger partial charge in [0.15, 0.2) is 5.16 Å². The van der Waals surface area contributed by atoms with Crippen LogP contribution in [0.2, 0.25) is 0 Å². The fraction of sp³-hybridized carbons (Fsp3) is 0.750. The Morgan fingerprint density at radius 3 is 2.52 bits per heavy atom. The monoisotopic (exact) mass is 364 g/mol. The first-order chi connectivity index (χ1) is 12.2. The Balaban J connectivity index is 1.35. The summed E-state index contributed by atoms with van der Waals surface area (Å²) in [5.41, 5.74) is 0. The van der Waals surface area contributed by atoms with Crippen LogP contribution in [0.15, 0.2) is 5.16 Å². The van der Waals surface area contributed by atoms with Gasteiger partial charge in [-0.05, 0) is 44.9 Å². The molecule has 0 atom stereocenters. The molecule has 3 aliphatic rings. The number of urea groups is 1. The lowest BCUT2D eigenvalue weighted by molar-refractivity contribution is -0.117. The normalized spacial score (nSPS) is 20.4. The van der Waals surface area contributed by atoms with Gasteiger partial charge in [-0.2, -0.15) is 0 Å². The highest BCUT2D eigenvalue weighted by Crippen LogP contribution is 2.41. The first kappa shape index (κ1) is 16.7. The van der Waals surface area contributed by atoms with E-state index >= 15 is 0 Å². The number of aromatic nitrogens is 3. The molecule has 3 amide bonds. The third-order valence-corrected chi connectivity index (χ3v) is 5.64. The van der Waals surface area contributed by atoms with Crippen LogP contribution < -0.4 is 15.5 Å². The molecule has 2 aliphatic carbocycles.